The van der Waals surface area contributed by atoms with Crippen LogP contribution in [0.4, 0.5) is 4.79 Å². The summed E-state index contributed by atoms with van der Waals surface area (Å²) in [6.07, 6.45) is 6.98. The van der Waals surface area contributed by atoms with Crippen LogP contribution in [-0.4, -0.2) is 95.0 Å². The Morgan fingerprint density at radius 2 is 1.55 bits per heavy atom. The van der Waals surface area contributed by atoms with E-state index < -0.39 is 76.3 Å². The number of carbonyl (C=O) groups excluding carboxylic acids is 7. The highest BCUT2D eigenvalue weighted by molar-refractivity contribution is 6.38. The van der Waals surface area contributed by atoms with E-state index in [2.05, 4.69) is 33.8 Å². The first kappa shape index (κ1) is 40.4. The highest BCUT2D eigenvalue weighted by atomic mass is 16.2. The molecule has 13 heteroatoms. The van der Waals surface area contributed by atoms with Crippen molar-refractivity contribution in [3.8, 4) is 12.3 Å². The number of nitrogens with one attached hydrogen (secondary N) is 4. The summed E-state index contributed by atoms with van der Waals surface area (Å²) in [6, 6.07) is 1.84. The van der Waals surface area contributed by atoms with Gasteiger partial charge in [-0.05, 0) is 41.2 Å². The lowest BCUT2D eigenvalue weighted by Gasteiger charge is -2.38. The van der Waals surface area contributed by atoms with Crippen LogP contribution in [0.1, 0.15) is 88.9 Å². The van der Waals surface area contributed by atoms with Crippen LogP contribution in [0, 0.1) is 35.0 Å². The van der Waals surface area contributed by atoms with Gasteiger partial charge in [-0.15, -0.1) is 18.9 Å². The van der Waals surface area contributed by atoms with E-state index in [1.807, 2.05) is 34.6 Å². The summed E-state index contributed by atoms with van der Waals surface area (Å²) in [5.74, 6) is -1.78. The molecule has 1 unspecified atom stereocenters. The summed E-state index contributed by atoms with van der Waals surface area (Å²) in [4.78, 5) is 96.1. The molecule has 2 aliphatic heterocycles. The van der Waals surface area contributed by atoms with Crippen molar-refractivity contribution in [1.82, 2.24) is 31.1 Å². The van der Waals surface area contributed by atoms with Crippen LogP contribution in [-0.2, 0) is 19.2 Å². The zero-order valence-corrected chi connectivity index (χ0v) is 30.9. The number of carbonyl (C=O) groups is 7. The molecule has 2 heterocycles. The molecule has 276 valence electrons. The van der Waals surface area contributed by atoms with Crippen LogP contribution in [0.5, 0.6) is 0 Å². The summed E-state index contributed by atoms with van der Waals surface area (Å²) in [6.45, 7) is 18.4. The molecule has 2 aliphatic rings. The Kier molecular flexibility index (Phi) is 13.0. The fraction of sp³-hybridized carbons (Fsp3) is 0.553. The van der Waals surface area contributed by atoms with E-state index in [9.17, 15) is 33.6 Å². The van der Waals surface area contributed by atoms with Gasteiger partial charge >= 0.3 is 6.03 Å². The van der Waals surface area contributed by atoms with Crippen LogP contribution in [0.15, 0.2) is 36.9 Å². The Labute approximate surface area is 300 Å². The average molecular weight is 705 g/mol. The number of rotatable bonds is 13. The van der Waals surface area contributed by atoms with Crippen LogP contribution in [0.2, 0.25) is 0 Å². The van der Waals surface area contributed by atoms with Crippen molar-refractivity contribution in [2.24, 2.45) is 22.7 Å². The van der Waals surface area contributed by atoms with Crippen molar-refractivity contribution in [3.63, 3.8) is 0 Å². The number of urea groups is 1. The smallest absolute Gasteiger partial charge is 0.315 e. The number of benzene rings is 1. The molecule has 51 heavy (non-hydrogen) atoms. The van der Waals surface area contributed by atoms with E-state index >= 15 is 0 Å². The van der Waals surface area contributed by atoms with Crippen molar-refractivity contribution >= 4 is 41.4 Å². The Morgan fingerprint density at radius 3 is 2.06 bits per heavy atom. The number of hydrogen-bond acceptors (Lipinski definition) is 7. The van der Waals surface area contributed by atoms with Gasteiger partial charge in [0.15, 0.2) is 0 Å². The Bertz CT molecular complexity index is 1570. The van der Waals surface area contributed by atoms with E-state index in [0.29, 0.717) is 11.1 Å². The second-order valence-corrected chi connectivity index (χ2v) is 15.5. The normalized spacial score (nSPS) is 20.4. The summed E-state index contributed by atoms with van der Waals surface area (Å²) in [7, 11) is 0. The molecular formula is C38H52N6O7. The molecule has 3 rings (SSSR count). The van der Waals surface area contributed by atoms with Crippen LogP contribution < -0.4 is 21.3 Å². The van der Waals surface area contributed by atoms with Crippen molar-refractivity contribution in [1.29, 1.82) is 0 Å². The lowest BCUT2D eigenvalue weighted by atomic mass is 9.85. The van der Waals surface area contributed by atoms with Gasteiger partial charge in [-0.25, -0.2) is 4.79 Å². The largest absolute Gasteiger partial charge is 0.346 e. The molecule has 0 saturated carbocycles. The first-order valence-corrected chi connectivity index (χ1v) is 17.2. The summed E-state index contributed by atoms with van der Waals surface area (Å²) in [5.41, 5.74) is -0.826. The van der Waals surface area contributed by atoms with E-state index in [1.54, 1.807) is 45.0 Å². The molecule has 0 spiro atoms. The third-order valence-electron chi connectivity index (χ3n) is 9.59. The van der Waals surface area contributed by atoms with Crippen molar-refractivity contribution in [2.45, 2.75) is 92.4 Å². The predicted octanol–water partition coefficient (Wildman–Crippen LogP) is 2.66. The Morgan fingerprint density at radius 1 is 0.961 bits per heavy atom. The first-order chi connectivity index (χ1) is 23.7. The molecule has 7 amide bonds. The molecule has 1 aromatic rings. The number of Topliss-reactive ketones (excluding diaryl/α,β-unsaturated/α-hetero) is 1. The molecule has 0 aliphatic carbocycles. The Balaban J connectivity index is 1.82. The van der Waals surface area contributed by atoms with Gasteiger partial charge in [0.1, 0.15) is 12.1 Å². The van der Waals surface area contributed by atoms with E-state index in [4.69, 9.17) is 6.42 Å². The van der Waals surface area contributed by atoms with Crippen LogP contribution in [0.3, 0.4) is 0 Å². The fourth-order valence-corrected chi connectivity index (χ4v) is 6.23. The molecule has 0 aromatic heterocycles. The van der Waals surface area contributed by atoms with E-state index in [-0.39, 0.29) is 44.3 Å². The number of amides is 7. The molecular weight excluding hydrogens is 652 g/mol. The van der Waals surface area contributed by atoms with Crippen LogP contribution >= 0.6 is 0 Å². The van der Waals surface area contributed by atoms with Crippen LogP contribution in [0.25, 0.3) is 0 Å². The molecule has 0 bridgehead atoms. The SMILES string of the molecule is C#CCCC(NC(=O)[C@@H]1[C@@H](C)[C@@H](C)CN1C(=O)[C@@H](NC(=O)N[C@H](CN1C(=O)c2ccccc2C1=O)C(C)(C)C)C(C)(C)C)C(=O)C(=O)NCC=C. The minimum atomic E-state index is -1.21. The minimum absolute atomic E-state index is 0.0230. The van der Waals surface area contributed by atoms with Gasteiger partial charge in [0.2, 0.25) is 17.6 Å². The molecule has 0 radical (unpaired) electrons. The fourth-order valence-electron chi connectivity index (χ4n) is 6.23. The number of hydrogen-bond donors (Lipinski definition) is 4. The molecule has 4 N–H and O–H groups in total. The highest BCUT2D eigenvalue weighted by Gasteiger charge is 2.48. The molecule has 13 nitrogen and oxygen atoms in total. The van der Waals surface area contributed by atoms with Gasteiger partial charge < -0.3 is 26.2 Å². The number of ketones is 1. The zero-order chi connectivity index (χ0) is 38.4. The van der Waals surface area contributed by atoms with Gasteiger partial charge in [0.05, 0.1) is 29.8 Å². The Hall–Kier alpha value is -4.99. The second kappa shape index (κ2) is 16.4. The maximum absolute atomic E-state index is 14.4. The predicted molar refractivity (Wildman–Crippen MR) is 192 cm³/mol. The van der Waals surface area contributed by atoms with Gasteiger partial charge in [-0.1, -0.05) is 73.6 Å². The van der Waals surface area contributed by atoms with Crippen molar-refractivity contribution in [3.05, 3.63) is 48.0 Å². The van der Waals surface area contributed by atoms with Crippen molar-refractivity contribution < 1.29 is 33.6 Å². The minimum Gasteiger partial charge on any atom is -0.346 e. The van der Waals surface area contributed by atoms with Gasteiger partial charge in [0, 0.05) is 19.5 Å². The highest BCUT2D eigenvalue weighted by Crippen LogP contribution is 2.33. The maximum atomic E-state index is 14.4. The topological polar surface area (TPSA) is 174 Å². The number of imide groups is 1. The number of terminal acetylenes is 1. The maximum Gasteiger partial charge on any atom is 0.315 e. The number of nitrogens with zero attached hydrogens (tertiary/aromatic N) is 2. The second-order valence-electron chi connectivity index (χ2n) is 15.5. The third-order valence-corrected chi connectivity index (χ3v) is 9.59. The summed E-state index contributed by atoms with van der Waals surface area (Å²) < 4.78 is 0. The average Bonchev–Trinajstić information content (AvgIpc) is 3.49. The third kappa shape index (κ3) is 9.42. The van der Waals surface area contributed by atoms with Gasteiger partial charge in [-0.3, -0.25) is 33.7 Å². The van der Waals surface area contributed by atoms with E-state index in [1.165, 1.54) is 11.0 Å². The zero-order valence-electron chi connectivity index (χ0n) is 30.9. The molecule has 1 fully saturated rings. The van der Waals surface area contributed by atoms with Gasteiger partial charge in [-0.2, -0.15) is 0 Å². The van der Waals surface area contributed by atoms with Crippen molar-refractivity contribution in [2.75, 3.05) is 19.6 Å². The molecule has 6 atom stereocenters. The van der Waals surface area contributed by atoms with E-state index in [0.717, 1.165) is 4.90 Å². The molecule has 1 aromatic carbocycles. The standard InChI is InChI=1S/C38H52N6O7/c1-11-13-18-26(29(45)32(47)39-19-12-2)40-31(46)28-23(4)22(3)20-43(28)35(50)30(38(8,9)10)42-36(51)41-27(37(5,6)7)21-44-33(48)24-16-14-15-17-25(24)34(44)49/h1,12,14-17,22-23,26-28,30H,2,13,18-21H2,3-10H3,(H,39,47)(H,40,46)(H2,41,42,51)/t22-,23-,26?,27+,28-,30+/m0/s1. The first-order valence-electron chi connectivity index (χ1n) is 17.2. The summed E-state index contributed by atoms with van der Waals surface area (Å²) >= 11 is 0. The summed E-state index contributed by atoms with van der Waals surface area (Å²) in [5, 5.41) is 10.8. The van der Waals surface area contributed by atoms with Gasteiger partial charge in [0.25, 0.3) is 17.7 Å². The monoisotopic (exact) mass is 704 g/mol. The molecule has 1 saturated heterocycles. The quantitative estimate of drug-likeness (QED) is 0.106. The lowest BCUT2D eigenvalue weighted by Crippen LogP contribution is -2.62. The lowest BCUT2D eigenvalue weighted by molar-refractivity contribution is -0.144. The number of likely N-dealkylation sites (tertiary alicyclic amines) is 1. The number of fused-ring (bicyclic) bond motifs is 1.